The van der Waals surface area contributed by atoms with E-state index < -0.39 is 12.0 Å². The zero-order valence-electron chi connectivity index (χ0n) is 17.2. The molecule has 0 amide bonds. The lowest BCUT2D eigenvalue weighted by Gasteiger charge is -2.72. The number of fused-ring (bicyclic) bond motifs is 2. The molecule has 6 unspecified atom stereocenters. The molecule has 0 aromatic heterocycles. The topological polar surface area (TPSA) is 34.1 Å². The minimum absolute atomic E-state index is 0.0615. The maximum Gasteiger partial charge on any atom is 0.237 e. The van der Waals surface area contributed by atoms with E-state index in [1.165, 1.54) is 13.3 Å². The number of halogens is 2. The predicted molar refractivity (Wildman–Crippen MR) is 106 cm³/mol. The van der Waals surface area contributed by atoms with Crippen molar-refractivity contribution in [1.82, 2.24) is 4.90 Å². The summed E-state index contributed by atoms with van der Waals surface area (Å²) in [7, 11) is 0. The molecule has 29 heavy (non-hydrogen) atoms. The van der Waals surface area contributed by atoms with E-state index in [-0.39, 0.29) is 5.92 Å². The highest BCUT2D eigenvalue weighted by atomic mass is 19.1. The fourth-order valence-corrected chi connectivity index (χ4v) is 6.62. The second-order valence-corrected chi connectivity index (χ2v) is 10.2. The Bertz CT molecular complexity index is 884. The Balaban J connectivity index is 1.30. The van der Waals surface area contributed by atoms with Gasteiger partial charge in [0.15, 0.2) is 0 Å². The summed E-state index contributed by atoms with van der Waals surface area (Å²) in [5.74, 6) is 1.39. The molecular weight excluding hydrogens is 374 g/mol. The molecule has 6 heteroatoms. The molecule has 4 fully saturated rings. The van der Waals surface area contributed by atoms with Crippen LogP contribution in [0.1, 0.15) is 52.9 Å². The molecule has 0 N–H and O–H groups in total. The molecule has 6 rings (SSSR count). The van der Waals surface area contributed by atoms with Crippen molar-refractivity contribution in [1.29, 1.82) is 0 Å². The van der Waals surface area contributed by atoms with Gasteiger partial charge in [0.1, 0.15) is 11.5 Å². The van der Waals surface area contributed by atoms with E-state index in [0.29, 0.717) is 48.4 Å². The van der Waals surface area contributed by atoms with Crippen LogP contribution in [0.3, 0.4) is 0 Å². The van der Waals surface area contributed by atoms with Crippen molar-refractivity contribution < 1.29 is 18.3 Å². The summed E-state index contributed by atoms with van der Waals surface area (Å²) in [5, 5.41) is 0. The number of rotatable bonds is 5. The van der Waals surface area contributed by atoms with E-state index in [0.717, 1.165) is 29.8 Å². The zero-order valence-corrected chi connectivity index (χ0v) is 17.2. The third-order valence-electron chi connectivity index (χ3n) is 7.81. The Morgan fingerprint density at radius 3 is 2.86 bits per heavy atom. The van der Waals surface area contributed by atoms with E-state index in [4.69, 9.17) is 14.5 Å². The number of allylic oxidation sites excluding steroid dienone is 3. The number of hydrogen-bond acceptors (Lipinski definition) is 4. The summed E-state index contributed by atoms with van der Waals surface area (Å²) in [4.78, 5) is 7.27. The van der Waals surface area contributed by atoms with Gasteiger partial charge in [-0.2, -0.15) is 4.99 Å². The molecule has 1 spiro atoms. The predicted octanol–water partition coefficient (Wildman–Crippen LogP) is 4.59. The number of alkyl halides is 2. The van der Waals surface area contributed by atoms with E-state index in [2.05, 4.69) is 17.1 Å². The second kappa shape index (κ2) is 5.71. The number of amidine groups is 1. The Labute approximate surface area is 170 Å². The van der Waals surface area contributed by atoms with Gasteiger partial charge in [-0.05, 0) is 51.5 Å². The van der Waals surface area contributed by atoms with Crippen LogP contribution in [0.2, 0.25) is 0 Å². The first-order valence-corrected chi connectivity index (χ1v) is 10.9. The van der Waals surface area contributed by atoms with Gasteiger partial charge in [-0.15, -0.1) is 0 Å². The lowest BCUT2D eigenvalue weighted by Crippen LogP contribution is -2.82. The van der Waals surface area contributed by atoms with Gasteiger partial charge in [-0.1, -0.05) is 17.7 Å². The molecule has 0 aromatic rings. The van der Waals surface area contributed by atoms with Gasteiger partial charge in [-0.3, -0.25) is 0 Å². The number of nitrogens with zero attached hydrogens (tertiary/aromatic N) is 2. The zero-order chi connectivity index (χ0) is 20.1. The average molecular weight is 402 g/mol. The lowest BCUT2D eigenvalue weighted by atomic mass is 9.51. The van der Waals surface area contributed by atoms with Crippen molar-refractivity contribution in [3.8, 4) is 0 Å². The van der Waals surface area contributed by atoms with Crippen LogP contribution in [0.4, 0.5) is 8.78 Å². The molecule has 2 bridgehead atoms. The van der Waals surface area contributed by atoms with Crippen molar-refractivity contribution in [3.05, 3.63) is 35.3 Å². The minimum atomic E-state index is -1.41. The monoisotopic (exact) mass is 402 g/mol. The van der Waals surface area contributed by atoms with Gasteiger partial charge < -0.3 is 14.4 Å². The normalized spacial score (nSPS) is 42.1. The minimum Gasteiger partial charge on any atom is -0.444 e. The van der Waals surface area contributed by atoms with Gasteiger partial charge in [0.25, 0.3) is 0 Å². The molecular formula is C23H28F2N2O2. The summed E-state index contributed by atoms with van der Waals surface area (Å²) in [6.45, 7) is 4.61. The molecule has 2 saturated carbocycles. The highest BCUT2D eigenvalue weighted by Crippen LogP contribution is 2.71. The molecule has 6 aliphatic rings. The smallest absolute Gasteiger partial charge is 0.237 e. The molecule has 0 aromatic carbocycles. The third-order valence-corrected chi connectivity index (χ3v) is 7.81. The average Bonchev–Trinajstić information content (AvgIpc) is 3.25. The van der Waals surface area contributed by atoms with Crippen LogP contribution in [0.15, 0.2) is 40.2 Å². The molecule has 0 radical (unpaired) electrons. The van der Waals surface area contributed by atoms with Gasteiger partial charge in [0, 0.05) is 30.5 Å². The van der Waals surface area contributed by atoms with Crippen molar-refractivity contribution in [2.24, 2.45) is 16.3 Å². The quantitative estimate of drug-likeness (QED) is 0.675. The third kappa shape index (κ3) is 2.47. The van der Waals surface area contributed by atoms with Gasteiger partial charge in [-0.25, -0.2) is 8.78 Å². The fraction of sp³-hybridized carbons (Fsp3) is 0.696. The maximum atomic E-state index is 14.0. The van der Waals surface area contributed by atoms with Crippen molar-refractivity contribution in [2.75, 3.05) is 0 Å². The van der Waals surface area contributed by atoms with E-state index in [1.54, 1.807) is 13.8 Å². The number of likely N-dealkylation sites (tertiary alicyclic amines) is 1. The van der Waals surface area contributed by atoms with Crippen LogP contribution in [-0.4, -0.2) is 47.1 Å². The largest absolute Gasteiger partial charge is 0.444 e. The second-order valence-electron chi connectivity index (χ2n) is 10.2. The number of piperidine rings is 1. The molecule has 2 saturated heterocycles. The highest BCUT2D eigenvalue weighted by Gasteiger charge is 2.79. The molecule has 3 aliphatic carbocycles. The van der Waals surface area contributed by atoms with E-state index in [9.17, 15) is 8.78 Å². The van der Waals surface area contributed by atoms with Crippen molar-refractivity contribution in [2.45, 2.75) is 89.2 Å². The van der Waals surface area contributed by atoms with Crippen molar-refractivity contribution >= 4 is 5.84 Å². The molecule has 3 aliphatic heterocycles. The van der Waals surface area contributed by atoms with Gasteiger partial charge >= 0.3 is 0 Å². The first kappa shape index (κ1) is 18.1. The van der Waals surface area contributed by atoms with Crippen LogP contribution >= 0.6 is 0 Å². The van der Waals surface area contributed by atoms with Crippen LogP contribution in [0.5, 0.6) is 0 Å². The van der Waals surface area contributed by atoms with E-state index in [1.807, 2.05) is 6.08 Å². The first-order valence-electron chi connectivity index (χ1n) is 10.9. The van der Waals surface area contributed by atoms with Crippen LogP contribution in [-0.2, 0) is 9.47 Å². The van der Waals surface area contributed by atoms with Gasteiger partial charge in [0.05, 0.1) is 18.1 Å². The number of ether oxygens (including phenoxy) is 2. The fourth-order valence-electron chi connectivity index (χ4n) is 6.62. The highest BCUT2D eigenvalue weighted by molar-refractivity contribution is 5.94. The Hall–Kier alpha value is -1.69. The van der Waals surface area contributed by atoms with Crippen LogP contribution in [0, 0.1) is 11.3 Å². The van der Waals surface area contributed by atoms with Crippen molar-refractivity contribution in [3.63, 3.8) is 0 Å². The molecule has 156 valence electrons. The van der Waals surface area contributed by atoms with E-state index >= 15 is 0 Å². The van der Waals surface area contributed by atoms with Crippen LogP contribution < -0.4 is 0 Å². The standard InChI is InChI=1S/C23H28F2N2O2/c1-12(24)28-20-8-14-6-13(4-5-22(2,3)25)7-16(14)21(26-20)27-17-9-15-11-23(17)18(27)10-19(23)29-15/h6-8,12,15-19H,4-5,9-11H2,1-3H3/t12?,15?,16?,17-,18?,19?,23?/m1/s1. The summed E-state index contributed by atoms with van der Waals surface area (Å²) >= 11 is 0. The summed E-state index contributed by atoms with van der Waals surface area (Å²) < 4.78 is 39.0. The molecule has 4 nitrogen and oxygen atoms in total. The Kier molecular flexibility index (Phi) is 3.57. The van der Waals surface area contributed by atoms with Gasteiger partial charge in [0.2, 0.25) is 12.2 Å². The van der Waals surface area contributed by atoms with Crippen LogP contribution in [0.25, 0.3) is 0 Å². The number of hydrogen-bond donors (Lipinski definition) is 0. The maximum absolute atomic E-state index is 14.0. The first-order chi connectivity index (χ1) is 13.7. The lowest BCUT2D eigenvalue weighted by molar-refractivity contribution is -0.241. The summed E-state index contributed by atoms with van der Waals surface area (Å²) in [5.41, 5.74) is 1.35. The Morgan fingerprint density at radius 1 is 1.34 bits per heavy atom. The Morgan fingerprint density at radius 2 is 2.14 bits per heavy atom. The summed E-state index contributed by atoms with van der Waals surface area (Å²) in [6.07, 6.45) is 10.0. The number of aliphatic imine (C=N–C) groups is 1. The molecule has 3 heterocycles. The molecule has 7 atom stereocenters. The SMILES string of the molecule is CC(F)OC1=CC2=CC(CCC(C)(C)F)=CC2C(N2C3CC4OC5C[C@@H]2C43C5)=N1. The summed E-state index contributed by atoms with van der Waals surface area (Å²) in [6, 6.07) is 0.962.